The van der Waals surface area contributed by atoms with Crippen molar-refractivity contribution in [1.29, 1.82) is 0 Å². The predicted molar refractivity (Wildman–Crippen MR) is 61.6 cm³/mol. The summed E-state index contributed by atoms with van der Waals surface area (Å²) in [6, 6.07) is 3.96. The number of methoxy groups -OCH3 is 1. The van der Waals surface area contributed by atoms with Crippen LogP contribution in [0.4, 0.5) is 0 Å². The van der Waals surface area contributed by atoms with Crippen molar-refractivity contribution in [2.24, 2.45) is 5.73 Å². The van der Waals surface area contributed by atoms with E-state index in [0.717, 1.165) is 31.4 Å². The summed E-state index contributed by atoms with van der Waals surface area (Å²) in [7, 11) is 1.62. The molecule has 88 valence electrons. The van der Waals surface area contributed by atoms with Gasteiger partial charge in [-0.05, 0) is 31.7 Å². The van der Waals surface area contributed by atoms with E-state index >= 15 is 0 Å². The first-order valence-corrected chi connectivity index (χ1v) is 5.70. The molecule has 0 aromatic carbocycles. The van der Waals surface area contributed by atoms with Gasteiger partial charge in [0.1, 0.15) is 11.9 Å². The minimum absolute atomic E-state index is 0.213. The van der Waals surface area contributed by atoms with E-state index in [9.17, 15) is 0 Å². The predicted octanol–water partition coefficient (Wildman–Crippen LogP) is 1.74. The SMILES string of the molecule is COc1ccc(OC2CCCC(N)C2)nc1. The molecule has 2 rings (SSSR count). The lowest BCUT2D eigenvalue weighted by Gasteiger charge is -2.26. The summed E-state index contributed by atoms with van der Waals surface area (Å²) in [5.41, 5.74) is 5.90. The minimum Gasteiger partial charge on any atom is -0.495 e. The van der Waals surface area contributed by atoms with Crippen LogP contribution < -0.4 is 15.2 Å². The molecule has 1 saturated carbocycles. The van der Waals surface area contributed by atoms with Gasteiger partial charge in [-0.1, -0.05) is 0 Å². The number of nitrogens with zero attached hydrogens (tertiary/aromatic N) is 1. The number of rotatable bonds is 3. The van der Waals surface area contributed by atoms with Gasteiger partial charge in [0.25, 0.3) is 0 Å². The van der Waals surface area contributed by atoms with Crippen molar-refractivity contribution in [2.45, 2.75) is 37.8 Å². The Balaban J connectivity index is 1.92. The van der Waals surface area contributed by atoms with E-state index < -0.39 is 0 Å². The van der Waals surface area contributed by atoms with E-state index in [-0.39, 0.29) is 12.1 Å². The molecule has 4 nitrogen and oxygen atoms in total. The normalized spacial score (nSPS) is 25.1. The van der Waals surface area contributed by atoms with E-state index in [1.165, 1.54) is 0 Å². The molecule has 1 aliphatic rings. The third-order valence-corrected chi connectivity index (χ3v) is 2.90. The Morgan fingerprint density at radius 1 is 1.38 bits per heavy atom. The van der Waals surface area contributed by atoms with Gasteiger partial charge in [0.15, 0.2) is 0 Å². The molecular weight excluding hydrogens is 204 g/mol. The van der Waals surface area contributed by atoms with E-state index in [0.29, 0.717) is 5.88 Å². The summed E-state index contributed by atoms with van der Waals surface area (Å²) in [6.45, 7) is 0. The van der Waals surface area contributed by atoms with Crippen LogP contribution in [0.2, 0.25) is 0 Å². The summed E-state index contributed by atoms with van der Waals surface area (Å²) in [4.78, 5) is 4.18. The van der Waals surface area contributed by atoms with E-state index in [2.05, 4.69) is 4.98 Å². The number of nitrogens with two attached hydrogens (primary N) is 1. The molecule has 0 saturated heterocycles. The molecule has 1 aromatic heterocycles. The maximum atomic E-state index is 5.90. The Kier molecular flexibility index (Phi) is 3.62. The largest absolute Gasteiger partial charge is 0.495 e. The third kappa shape index (κ3) is 2.85. The van der Waals surface area contributed by atoms with Crippen molar-refractivity contribution in [1.82, 2.24) is 4.98 Å². The molecule has 0 aliphatic heterocycles. The van der Waals surface area contributed by atoms with Gasteiger partial charge in [0.05, 0.1) is 13.3 Å². The van der Waals surface area contributed by atoms with Crippen LogP contribution in [0.3, 0.4) is 0 Å². The molecule has 0 amide bonds. The highest BCUT2D eigenvalue weighted by molar-refractivity contribution is 5.22. The van der Waals surface area contributed by atoms with Gasteiger partial charge in [-0.25, -0.2) is 4.98 Å². The van der Waals surface area contributed by atoms with Crippen LogP contribution in [0.15, 0.2) is 18.3 Å². The number of hydrogen-bond donors (Lipinski definition) is 1. The average Bonchev–Trinajstić information content (AvgIpc) is 2.30. The summed E-state index contributed by atoms with van der Waals surface area (Å²) >= 11 is 0. The van der Waals surface area contributed by atoms with E-state index in [4.69, 9.17) is 15.2 Å². The van der Waals surface area contributed by atoms with Gasteiger partial charge in [-0.2, -0.15) is 0 Å². The zero-order valence-corrected chi connectivity index (χ0v) is 9.56. The van der Waals surface area contributed by atoms with Crippen LogP contribution in [0.25, 0.3) is 0 Å². The van der Waals surface area contributed by atoms with Crippen LogP contribution in [0, 0.1) is 0 Å². The highest BCUT2D eigenvalue weighted by Gasteiger charge is 2.20. The highest BCUT2D eigenvalue weighted by atomic mass is 16.5. The zero-order valence-electron chi connectivity index (χ0n) is 9.56. The fraction of sp³-hybridized carbons (Fsp3) is 0.583. The van der Waals surface area contributed by atoms with Crippen molar-refractivity contribution in [3.05, 3.63) is 18.3 Å². The summed E-state index contributed by atoms with van der Waals surface area (Å²) in [5, 5.41) is 0. The van der Waals surface area contributed by atoms with Crippen LogP contribution in [-0.4, -0.2) is 24.2 Å². The molecule has 0 bridgehead atoms. The second kappa shape index (κ2) is 5.16. The van der Waals surface area contributed by atoms with Crippen LogP contribution >= 0.6 is 0 Å². The highest BCUT2D eigenvalue weighted by Crippen LogP contribution is 2.22. The monoisotopic (exact) mass is 222 g/mol. The summed E-state index contributed by atoms with van der Waals surface area (Å²) in [5.74, 6) is 1.40. The van der Waals surface area contributed by atoms with Crippen molar-refractivity contribution in [3.63, 3.8) is 0 Å². The Bertz CT molecular complexity index is 326. The molecule has 1 fully saturated rings. The maximum absolute atomic E-state index is 5.90. The molecule has 1 aliphatic carbocycles. The molecular formula is C12H18N2O2. The third-order valence-electron chi connectivity index (χ3n) is 2.90. The van der Waals surface area contributed by atoms with Gasteiger partial charge in [0, 0.05) is 12.1 Å². The first kappa shape index (κ1) is 11.2. The summed E-state index contributed by atoms with van der Waals surface area (Å²) < 4.78 is 10.8. The van der Waals surface area contributed by atoms with E-state index in [1.807, 2.05) is 12.1 Å². The molecule has 16 heavy (non-hydrogen) atoms. The summed E-state index contributed by atoms with van der Waals surface area (Å²) in [6.07, 6.45) is 6.12. The Hall–Kier alpha value is -1.29. The lowest BCUT2D eigenvalue weighted by molar-refractivity contribution is 0.138. The fourth-order valence-electron chi connectivity index (χ4n) is 2.02. The Morgan fingerprint density at radius 2 is 2.25 bits per heavy atom. The van der Waals surface area contributed by atoms with E-state index in [1.54, 1.807) is 13.3 Å². The quantitative estimate of drug-likeness (QED) is 0.846. The molecule has 2 unspecified atom stereocenters. The van der Waals surface area contributed by atoms with Crippen molar-refractivity contribution in [2.75, 3.05) is 7.11 Å². The Morgan fingerprint density at radius 3 is 2.88 bits per heavy atom. The number of hydrogen-bond acceptors (Lipinski definition) is 4. The van der Waals surface area contributed by atoms with Gasteiger partial charge in [0.2, 0.25) is 5.88 Å². The second-order valence-electron chi connectivity index (χ2n) is 4.20. The smallest absolute Gasteiger partial charge is 0.213 e. The molecule has 2 atom stereocenters. The average molecular weight is 222 g/mol. The van der Waals surface area contributed by atoms with Crippen molar-refractivity contribution >= 4 is 0 Å². The molecule has 2 N–H and O–H groups in total. The van der Waals surface area contributed by atoms with Gasteiger partial charge in [-0.3, -0.25) is 0 Å². The van der Waals surface area contributed by atoms with Gasteiger partial charge >= 0.3 is 0 Å². The molecule has 0 spiro atoms. The zero-order chi connectivity index (χ0) is 11.4. The number of pyridine rings is 1. The maximum Gasteiger partial charge on any atom is 0.213 e. The molecule has 0 radical (unpaired) electrons. The second-order valence-corrected chi connectivity index (χ2v) is 4.20. The van der Waals surface area contributed by atoms with Gasteiger partial charge in [-0.15, -0.1) is 0 Å². The minimum atomic E-state index is 0.213. The standard InChI is InChI=1S/C12H18N2O2/c1-15-11-5-6-12(14-8-11)16-10-4-2-3-9(13)7-10/h5-6,8-10H,2-4,7,13H2,1H3. The van der Waals surface area contributed by atoms with Gasteiger partial charge < -0.3 is 15.2 Å². The fourth-order valence-corrected chi connectivity index (χ4v) is 2.02. The topological polar surface area (TPSA) is 57.4 Å². The first-order valence-electron chi connectivity index (χ1n) is 5.70. The van der Waals surface area contributed by atoms with Crippen molar-refractivity contribution in [3.8, 4) is 11.6 Å². The number of ether oxygens (including phenoxy) is 2. The van der Waals surface area contributed by atoms with Crippen LogP contribution in [0.5, 0.6) is 11.6 Å². The molecule has 1 aromatic rings. The lowest BCUT2D eigenvalue weighted by Crippen LogP contribution is -2.33. The van der Waals surface area contributed by atoms with Crippen molar-refractivity contribution < 1.29 is 9.47 Å². The Labute approximate surface area is 95.8 Å². The first-order chi connectivity index (χ1) is 7.78. The molecule has 4 heteroatoms. The lowest BCUT2D eigenvalue weighted by atomic mass is 9.94. The molecule has 1 heterocycles. The van der Waals surface area contributed by atoms with Crippen LogP contribution in [-0.2, 0) is 0 Å². The number of aromatic nitrogens is 1. The van der Waals surface area contributed by atoms with Crippen LogP contribution in [0.1, 0.15) is 25.7 Å².